The van der Waals surface area contributed by atoms with Crippen LogP contribution in [0.1, 0.15) is 24.5 Å². The first kappa shape index (κ1) is 13.1. The summed E-state index contributed by atoms with van der Waals surface area (Å²) in [7, 11) is -3.32. The number of fused-ring (bicyclic) bond motifs is 1. The topological polar surface area (TPSA) is 49.4 Å². The number of sulfonamides is 1. The van der Waals surface area contributed by atoms with Gasteiger partial charge in [0.2, 0.25) is 10.0 Å². The molecule has 1 atom stereocenters. The largest absolute Gasteiger partial charge is 0.312 e. The molecule has 0 saturated carbocycles. The van der Waals surface area contributed by atoms with E-state index in [0.29, 0.717) is 18.0 Å². The van der Waals surface area contributed by atoms with Gasteiger partial charge in [-0.15, -0.1) is 0 Å². The molecule has 0 bridgehead atoms. The van der Waals surface area contributed by atoms with Gasteiger partial charge in [-0.25, -0.2) is 8.42 Å². The van der Waals surface area contributed by atoms with E-state index in [9.17, 15) is 8.42 Å². The van der Waals surface area contributed by atoms with Crippen molar-refractivity contribution in [2.45, 2.75) is 37.1 Å². The molecular weight excluding hydrogens is 260 g/mol. The van der Waals surface area contributed by atoms with Crippen LogP contribution in [0.4, 0.5) is 0 Å². The third kappa shape index (κ3) is 2.42. The lowest BCUT2D eigenvalue weighted by Gasteiger charge is -2.31. The van der Waals surface area contributed by atoms with Crippen LogP contribution in [0.25, 0.3) is 0 Å². The summed E-state index contributed by atoms with van der Waals surface area (Å²) in [6, 6.07) is 5.86. The Labute approximate surface area is 114 Å². The van der Waals surface area contributed by atoms with Gasteiger partial charge in [0, 0.05) is 25.7 Å². The minimum absolute atomic E-state index is 0.220. The molecule has 1 N–H and O–H groups in total. The van der Waals surface area contributed by atoms with Gasteiger partial charge in [0.05, 0.1) is 4.90 Å². The summed E-state index contributed by atoms with van der Waals surface area (Å²) in [6.45, 7) is 3.86. The zero-order chi connectivity index (χ0) is 13.5. The Hall–Kier alpha value is -0.910. The molecule has 5 heteroatoms. The van der Waals surface area contributed by atoms with Gasteiger partial charge in [-0.2, -0.15) is 4.31 Å². The fraction of sp³-hybridized carbons (Fsp3) is 0.571. The predicted molar refractivity (Wildman–Crippen MR) is 74.7 cm³/mol. The molecule has 1 saturated heterocycles. The van der Waals surface area contributed by atoms with E-state index in [-0.39, 0.29) is 6.04 Å². The molecule has 4 nitrogen and oxygen atoms in total. The quantitative estimate of drug-likeness (QED) is 0.884. The molecule has 1 heterocycles. The monoisotopic (exact) mass is 280 g/mol. The van der Waals surface area contributed by atoms with Crippen molar-refractivity contribution in [3.8, 4) is 0 Å². The molecule has 0 spiro atoms. The van der Waals surface area contributed by atoms with Gasteiger partial charge >= 0.3 is 0 Å². The highest BCUT2D eigenvalue weighted by molar-refractivity contribution is 7.89. The minimum Gasteiger partial charge on any atom is -0.312 e. The van der Waals surface area contributed by atoms with Gasteiger partial charge in [0.1, 0.15) is 0 Å². The van der Waals surface area contributed by atoms with E-state index in [1.54, 1.807) is 10.4 Å². The number of aryl methyl sites for hydroxylation is 2. The van der Waals surface area contributed by atoms with Crippen LogP contribution in [0.15, 0.2) is 23.1 Å². The Balaban J connectivity index is 1.91. The van der Waals surface area contributed by atoms with Gasteiger partial charge in [0.25, 0.3) is 0 Å². The number of rotatable bonds is 2. The van der Waals surface area contributed by atoms with Crippen LogP contribution in [-0.4, -0.2) is 38.4 Å². The van der Waals surface area contributed by atoms with E-state index in [1.807, 2.05) is 19.1 Å². The summed E-state index contributed by atoms with van der Waals surface area (Å²) in [4.78, 5) is 0.460. The number of benzene rings is 1. The third-order valence-electron chi connectivity index (χ3n) is 4.04. The summed E-state index contributed by atoms with van der Waals surface area (Å²) in [5.74, 6) is 0. The number of hydrogen-bond acceptors (Lipinski definition) is 3. The number of hydrogen-bond donors (Lipinski definition) is 1. The van der Waals surface area contributed by atoms with Crippen LogP contribution in [-0.2, 0) is 22.9 Å². The molecule has 1 aliphatic carbocycles. The Morgan fingerprint density at radius 3 is 2.84 bits per heavy atom. The molecule has 3 rings (SSSR count). The summed E-state index contributed by atoms with van der Waals surface area (Å²) in [5, 5.41) is 3.27. The average Bonchev–Trinajstić information content (AvgIpc) is 2.85. The normalized spacial score (nSPS) is 24.4. The number of nitrogens with one attached hydrogen (secondary N) is 1. The van der Waals surface area contributed by atoms with E-state index in [1.165, 1.54) is 11.1 Å². The molecular formula is C14H20N2O2S. The van der Waals surface area contributed by atoms with E-state index in [2.05, 4.69) is 5.32 Å². The first-order valence-corrected chi connectivity index (χ1v) is 8.37. The predicted octanol–water partition coefficient (Wildman–Crippen LogP) is 1.16. The van der Waals surface area contributed by atoms with Crippen LogP contribution in [0, 0.1) is 0 Å². The average molecular weight is 280 g/mol. The number of piperazine rings is 1. The highest BCUT2D eigenvalue weighted by Gasteiger charge is 2.29. The fourth-order valence-electron chi connectivity index (χ4n) is 2.97. The maximum Gasteiger partial charge on any atom is 0.243 e. The second-order valence-corrected chi connectivity index (χ2v) is 7.44. The molecule has 1 fully saturated rings. The van der Waals surface area contributed by atoms with Crippen molar-refractivity contribution in [2.75, 3.05) is 19.6 Å². The van der Waals surface area contributed by atoms with Crippen LogP contribution in [0.3, 0.4) is 0 Å². The Morgan fingerprint density at radius 1 is 1.26 bits per heavy atom. The van der Waals surface area contributed by atoms with E-state index in [4.69, 9.17) is 0 Å². The van der Waals surface area contributed by atoms with Crippen molar-refractivity contribution < 1.29 is 8.42 Å². The molecule has 19 heavy (non-hydrogen) atoms. The first-order valence-electron chi connectivity index (χ1n) is 6.93. The van der Waals surface area contributed by atoms with E-state index < -0.39 is 10.0 Å². The highest BCUT2D eigenvalue weighted by atomic mass is 32.2. The van der Waals surface area contributed by atoms with E-state index in [0.717, 1.165) is 25.8 Å². The molecule has 0 radical (unpaired) electrons. The maximum atomic E-state index is 12.6. The molecule has 1 aromatic carbocycles. The van der Waals surface area contributed by atoms with Gasteiger partial charge in [-0.1, -0.05) is 6.07 Å². The second-order valence-electron chi connectivity index (χ2n) is 5.50. The van der Waals surface area contributed by atoms with Crippen molar-refractivity contribution in [3.05, 3.63) is 29.3 Å². The molecule has 104 valence electrons. The highest BCUT2D eigenvalue weighted by Crippen LogP contribution is 2.26. The smallest absolute Gasteiger partial charge is 0.243 e. The molecule has 1 aromatic rings. The summed E-state index contributed by atoms with van der Waals surface area (Å²) in [6.07, 6.45) is 3.24. The van der Waals surface area contributed by atoms with Crippen molar-refractivity contribution in [2.24, 2.45) is 0 Å². The van der Waals surface area contributed by atoms with Gasteiger partial charge in [-0.05, 0) is 49.4 Å². The Morgan fingerprint density at radius 2 is 2.05 bits per heavy atom. The molecule has 1 aliphatic heterocycles. The lowest BCUT2D eigenvalue weighted by atomic mass is 10.1. The second kappa shape index (κ2) is 4.89. The van der Waals surface area contributed by atoms with Crippen molar-refractivity contribution >= 4 is 10.0 Å². The third-order valence-corrected chi connectivity index (χ3v) is 5.90. The van der Waals surface area contributed by atoms with Gasteiger partial charge in [0.15, 0.2) is 0 Å². The van der Waals surface area contributed by atoms with E-state index >= 15 is 0 Å². The van der Waals surface area contributed by atoms with Crippen molar-refractivity contribution in [3.63, 3.8) is 0 Å². The van der Waals surface area contributed by atoms with Crippen LogP contribution in [0.2, 0.25) is 0 Å². The molecule has 2 aliphatic rings. The van der Waals surface area contributed by atoms with Gasteiger partial charge in [-0.3, -0.25) is 0 Å². The summed E-state index contributed by atoms with van der Waals surface area (Å²) < 4.78 is 26.9. The lowest BCUT2D eigenvalue weighted by molar-refractivity contribution is 0.310. The fourth-order valence-corrected chi connectivity index (χ4v) is 4.55. The molecule has 0 amide bonds. The van der Waals surface area contributed by atoms with Crippen molar-refractivity contribution in [1.29, 1.82) is 0 Å². The number of nitrogens with zero attached hydrogens (tertiary/aromatic N) is 1. The standard InChI is InChI=1S/C14H20N2O2S/c1-11-10-16(8-7-15-11)19(17,18)14-6-5-12-3-2-4-13(12)9-14/h5-6,9,11,15H,2-4,7-8,10H2,1H3/t11-/m1/s1. The first-order chi connectivity index (χ1) is 9.07. The van der Waals surface area contributed by atoms with Crippen LogP contribution >= 0.6 is 0 Å². The zero-order valence-electron chi connectivity index (χ0n) is 11.2. The maximum absolute atomic E-state index is 12.6. The molecule has 0 aromatic heterocycles. The minimum atomic E-state index is -3.32. The summed E-state index contributed by atoms with van der Waals surface area (Å²) >= 11 is 0. The van der Waals surface area contributed by atoms with Crippen molar-refractivity contribution in [1.82, 2.24) is 9.62 Å². The zero-order valence-corrected chi connectivity index (χ0v) is 12.0. The SMILES string of the molecule is C[C@@H]1CN(S(=O)(=O)c2ccc3c(c2)CCC3)CCN1. The summed E-state index contributed by atoms with van der Waals surface area (Å²) in [5.41, 5.74) is 2.52. The Bertz CT molecular complexity index is 583. The lowest BCUT2D eigenvalue weighted by Crippen LogP contribution is -2.51. The van der Waals surface area contributed by atoms with Gasteiger partial charge < -0.3 is 5.32 Å². The Kier molecular flexibility index (Phi) is 3.37. The van der Waals surface area contributed by atoms with Crippen LogP contribution < -0.4 is 5.32 Å². The molecule has 0 unspecified atom stereocenters. The van der Waals surface area contributed by atoms with Crippen LogP contribution in [0.5, 0.6) is 0 Å².